The molecule has 106 valence electrons. The van der Waals surface area contributed by atoms with Gasteiger partial charge < -0.3 is 5.32 Å². The molecule has 1 aromatic carbocycles. The van der Waals surface area contributed by atoms with E-state index < -0.39 is 11.6 Å². The number of benzene rings is 1. The maximum absolute atomic E-state index is 13.4. The number of aryl methyl sites for hydroxylation is 1. The van der Waals surface area contributed by atoms with Crippen molar-refractivity contribution in [2.75, 3.05) is 11.9 Å². The van der Waals surface area contributed by atoms with Crippen molar-refractivity contribution in [1.29, 1.82) is 0 Å². The van der Waals surface area contributed by atoms with Gasteiger partial charge in [-0.2, -0.15) is 5.10 Å². The van der Waals surface area contributed by atoms with Gasteiger partial charge in [0.25, 0.3) is 0 Å². The molecule has 1 aromatic heterocycles. The largest absolute Gasteiger partial charge is 0.369 e. The summed E-state index contributed by atoms with van der Waals surface area (Å²) in [6, 6.07) is 3.50. The van der Waals surface area contributed by atoms with Crippen molar-refractivity contribution in [2.45, 2.75) is 25.8 Å². The molecule has 0 aliphatic carbocycles. The first-order valence-corrected chi connectivity index (χ1v) is 7.36. The van der Waals surface area contributed by atoms with Crippen molar-refractivity contribution < 1.29 is 8.78 Å². The summed E-state index contributed by atoms with van der Waals surface area (Å²) < 4.78 is 29.6. The lowest BCUT2D eigenvalue weighted by atomic mass is 10.0. The monoisotopic (exact) mass is 341 g/mol. The Morgan fingerprint density at radius 3 is 2.70 bits per heavy atom. The highest BCUT2D eigenvalue weighted by atomic mass is 79.9. The minimum absolute atomic E-state index is 0.145. The Bertz CT molecular complexity index is 634. The zero-order chi connectivity index (χ0) is 14.3. The van der Waals surface area contributed by atoms with Crippen LogP contribution in [0.2, 0.25) is 0 Å². The maximum atomic E-state index is 13.4. The standard InChI is InChI=1S/C14H14BrF2N3/c1-2-11-13(15)14-18-4-3-12(20(14)19-11)8-5-9(16)7-10(17)6-8/h5-7,12,18H,2-4H2,1H3. The predicted octanol–water partition coefficient (Wildman–Crippen LogP) is 3.89. The van der Waals surface area contributed by atoms with Gasteiger partial charge in [0.15, 0.2) is 0 Å². The van der Waals surface area contributed by atoms with Gasteiger partial charge in [0.05, 0.1) is 16.2 Å². The molecular formula is C14H14BrF2N3. The van der Waals surface area contributed by atoms with Gasteiger partial charge in [0, 0.05) is 12.6 Å². The summed E-state index contributed by atoms with van der Waals surface area (Å²) in [7, 11) is 0. The lowest BCUT2D eigenvalue weighted by molar-refractivity contribution is 0.471. The molecule has 1 unspecified atom stereocenters. The third-order valence-electron chi connectivity index (χ3n) is 3.53. The molecule has 0 saturated carbocycles. The number of nitrogens with one attached hydrogen (secondary N) is 1. The van der Waals surface area contributed by atoms with Gasteiger partial charge >= 0.3 is 0 Å². The summed E-state index contributed by atoms with van der Waals surface area (Å²) in [5.41, 5.74) is 1.55. The number of halogens is 3. The van der Waals surface area contributed by atoms with Crippen molar-refractivity contribution in [3.63, 3.8) is 0 Å². The van der Waals surface area contributed by atoms with Crippen LogP contribution in [0, 0.1) is 11.6 Å². The molecule has 1 aliphatic heterocycles. The fraction of sp³-hybridized carbons (Fsp3) is 0.357. The molecule has 0 saturated heterocycles. The molecule has 1 atom stereocenters. The molecule has 20 heavy (non-hydrogen) atoms. The zero-order valence-corrected chi connectivity index (χ0v) is 12.5. The molecule has 3 nitrogen and oxygen atoms in total. The quantitative estimate of drug-likeness (QED) is 0.897. The van der Waals surface area contributed by atoms with Gasteiger partial charge in [0.1, 0.15) is 17.5 Å². The fourth-order valence-corrected chi connectivity index (χ4v) is 3.28. The van der Waals surface area contributed by atoms with Crippen molar-refractivity contribution in [2.24, 2.45) is 0 Å². The van der Waals surface area contributed by atoms with Crippen molar-refractivity contribution >= 4 is 21.7 Å². The molecule has 0 fully saturated rings. The minimum atomic E-state index is -0.554. The second-order valence-corrected chi connectivity index (χ2v) is 5.63. The molecule has 2 heterocycles. The van der Waals surface area contributed by atoms with Gasteiger partial charge in [-0.15, -0.1) is 0 Å². The first-order chi connectivity index (χ1) is 9.60. The molecule has 1 N–H and O–H groups in total. The Morgan fingerprint density at radius 1 is 1.35 bits per heavy atom. The number of anilines is 1. The van der Waals surface area contributed by atoms with Crippen LogP contribution in [0.25, 0.3) is 0 Å². The van der Waals surface area contributed by atoms with E-state index in [0.29, 0.717) is 5.56 Å². The molecule has 6 heteroatoms. The Hall–Kier alpha value is -1.43. The molecule has 2 aromatic rings. The van der Waals surface area contributed by atoms with E-state index in [2.05, 4.69) is 26.3 Å². The number of nitrogens with zero attached hydrogens (tertiary/aromatic N) is 2. The summed E-state index contributed by atoms with van der Waals surface area (Å²) in [6.07, 6.45) is 1.54. The fourth-order valence-electron chi connectivity index (χ4n) is 2.60. The topological polar surface area (TPSA) is 29.9 Å². The summed E-state index contributed by atoms with van der Waals surface area (Å²) in [5, 5.41) is 7.83. The van der Waals surface area contributed by atoms with Crippen LogP contribution in [0.1, 0.15) is 30.6 Å². The molecule has 0 amide bonds. The van der Waals surface area contributed by atoms with Crippen LogP contribution >= 0.6 is 15.9 Å². The molecular weight excluding hydrogens is 328 g/mol. The Morgan fingerprint density at radius 2 is 2.05 bits per heavy atom. The highest BCUT2D eigenvalue weighted by Crippen LogP contribution is 2.36. The van der Waals surface area contributed by atoms with Crippen LogP contribution in [0.5, 0.6) is 0 Å². The van der Waals surface area contributed by atoms with Crippen LogP contribution in [0.15, 0.2) is 22.7 Å². The van der Waals surface area contributed by atoms with Crippen molar-refractivity contribution in [1.82, 2.24) is 9.78 Å². The number of rotatable bonds is 2. The Balaban J connectivity index is 2.09. The number of fused-ring (bicyclic) bond motifs is 1. The summed E-state index contributed by atoms with van der Waals surface area (Å²) in [5.74, 6) is -0.230. The number of aromatic nitrogens is 2. The van der Waals surface area contributed by atoms with Gasteiger partial charge in [-0.1, -0.05) is 6.92 Å². The van der Waals surface area contributed by atoms with Crippen LogP contribution in [0.4, 0.5) is 14.6 Å². The Labute approximate surface area is 124 Å². The third kappa shape index (κ3) is 2.22. The first kappa shape index (κ1) is 13.5. The molecule has 0 radical (unpaired) electrons. The molecule has 0 spiro atoms. The van der Waals surface area contributed by atoms with E-state index in [0.717, 1.165) is 41.4 Å². The zero-order valence-electron chi connectivity index (χ0n) is 11.0. The van der Waals surface area contributed by atoms with Gasteiger partial charge in [-0.3, -0.25) is 0 Å². The van der Waals surface area contributed by atoms with E-state index in [9.17, 15) is 8.78 Å². The lowest BCUT2D eigenvalue weighted by Crippen LogP contribution is -2.24. The normalized spacial score (nSPS) is 17.7. The van der Waals surface area contributed by atoms with Crippen LogP contribution in [-0.2, 0) is 6.42 Å². The third-order valence-corrected chi connectivity index (χ3v) is 4.36. The van der Waals surface area contributed by atoms with E-state index in [1.807, 2.05) is 11.6 Å². The van der Waals surface area contributed by atoms with E-state index in [1.54, 1.807) is 0 Å². The van der Waals surface area contributed by atoms with Crippen molar-refractivity contribution in [3.05, 3.63) is 45.6 Å². The average molecular weight is 342 g/mol. The Kier molecular flexibility index (Phi) is 3.50. The second kappa shape index (κ2) is 5.16. The summed E-state index contributed by atoms with van der Waals surface area (Å²) in [4.78, 5) is 0. The highest BCUT2D eigenvalue weighted by molar-refractivity contribution is 9.10. The molecule has 0 bridgehead atoms. The maximum Gasteiger partial charge on any atom is 0.139 e. The van der Waals surface area contributed by atoms with Gasteiger partial charge in [-0.05, 0) is 46.5 Å². The van der Waals surface area contributed by atoms with Crippen LogP contribution < -0.4 is 5.32 Å². The SMILES string of the molecule is CCc1nn2c(c1Br)NCCC2c1cc(F)cc(F)c1. The molecule has 1 aliphatic rings. The summed E-state index contributed by atoms with van der Waals surface area (Å²) >= 11 is 3.53. The van der Waals surface area contributed by atoms with E-state index in [-0.39, 0.29) is 6.04 Å². The van der Waals surface area contributed by atoms with Gasteiger partial charge in [-0.25, -0.2) is 13.5 Å². The summed E-state index contributed by atoms with van der Waals surface area (Å²) in [6.45, 7) is 2.77. The van der Waals surface area contributed by atoms with E-state index >= 15 is 0 Å². The highest BCUT2D eigenvalue weighted by Gasteiger charge is 2.26. The first-order valence-electron chi connectivity index (χ1n) is 6.57. The van der Waals surface area contributed by atoms with Gasteiger partial charge in [0.2, 0.25) is 0 Å². The predicted molar refractivity (Wildman–Crippen MR) is 76.9 cm³/mol. The minimum Gasteiger partial charge on any atom is -0.369 e. The molecule has 3 rings (SSSR count). The number of hydrogen-bond donors (Lipinski definition) is 1. The van der Waals surface area contributed by atoms with Crippen LogP contribution in [-0.4, -0.2) is 16.3 Å². The van der Waals surface area contributed by atoms with E-state index in [1.165, 1.54) is 12.1 Å². The van der Waals surface area contributed by atoms with Crippen molar-refractivity contribution in [3.8, 4) is 0 Å². The smallest absolute Gasteiger partial charge is 0.139 e. The number of hydrogen-bond acceptors (Lipinski definition) is 2. The van der Waals surface area contributed by atoms with Crippen LogP contribution in [0.3, 0.4) is 0 Å². The lowest BCUT2D eigenvalue weighted by Gasteiger charge is -2.26. The second-order valence-electron chi connectivity index (χ2n) is 4.84. The average Bonchev–Trinajstić information content (AvgIpc) is 2.74. The van der Waals surface area contributed by atoms with E-state index in [4.69, 9.17) is 0 Å².